The van der Waals surface area contributed by atoms with Gasteiger partial charge in [0.15, 0.2) is 5.82 Å². The predicted molar refractivity (Wildman–Crippen MR) is 67.0 cm³/mol. The molecule has 3 rings (SSSR count). The van der Waals surface area contributed by atoms with Crippen LogP contribution in [-0.4, -0.2) is 23.5 Å². The van der Waals surface area contributed by atoms with E-state index in [1.165, 1.54) is 0 Å². The molecule has 0 aromatic carbocycles. The van der Waals surface area contributed by atoms with Crippen LogP contribution in [0.3, 0.4) is 0 Å². The van der Waals surface area contributed by atoms with Gasteiger partial charge in [-0.25, -0.2) is 4.98 Å². The average Bonchev–Trinajstić information content (AvgIpc) is 2.28. The summed E-state index contributed by atoms with van der Waals surface area (Å²) < 4.78 is 0. The lowest BCUT2D eigenvalue weighted by Gasteiger charge is -2.48. The van der Waals surface area contributed by atoms with E-state index >= 15 is 0 Å². The van der Waals surface area contributed by atoms with Gasteiger partial charge in [0.2, 0.25) is 5.91 Å². The largest absolute Gasteiger partial charge is 0.342 e. The van der Waals surface area contributed by atoms with E-state index in [1.807, 2.05) is 12.1 Å². The molecule has 2 aliphatic heterocycles. The minimum atomic E-state index is -0.0846. The van der Waals surface area contributed by atoms with Crippen LogP contribution in [0.5, 0.6) is 0 Å². The summed E-state index contributed by atoms with van der Waals surface area (Å²) in [6.07, 6.45) is 3.99. The van der Waals surface area contributed by atoms with Crippen molar-refractivity contribution in [3.05, 3.63) is 18.3 Å². The minimum absolute atomic E-state index is 0.0115. The molecule has 90 valence electrons. The van der Waals surface area contributed by atoms with Crippen molar-refractivity contribution in [1.82, 2.24) is 4.98 Å². The van der Waals surface area contributed by atoms with Gasteiger partial charge in [0.05, 0.1) is 5.69 Å². The van der Waals surface area contributed by atoms with Gasteiger partial charge in [-0.15, -0.1) is 0 Å². The third-order valence-corrected chi connectivity index (χ3v) is 3.84. The van der Waals surface area contributed by atoms with E-state index in [1.54, 1.807) is 6.20 Å². The highest BCUT2D eigenvalue weighted by molar-refractivity contribution is 6.03. The Morgan fingerprint density at radius 1 is 1.53 bits per heavy atom. The third-order valence-electron chi connectivity index (χ3n) is 3.84. The summed E-state index contributed by atoms with van der Waals surface area (Å²) in [5.74, 6) is 1.03. The summed E-state index contributed by atoms with van der Waals surface area (Å²) in [5.41, 5.74) is 0.851. The summed E-state index contributed by atoms with van der Waals surface area (Å²) in [4.78, 5) is 18.8. The molecule has 1 fully saturated rings. The summed E-state index contributed by atoms with van der Waals surface area (Å²) in [6, 6.07) is 3.69. The van der Waals surface area contributed by atoms with Crippen LogP contribution in [0.15, 0.2) is 18.3 Å². The zero-order valence-electron chi connectivity index (χ0n) is 10.2. The zero-order valence-corrected chi connectivity index (χ0v) is 10.2. The number of carbonyl (C=O) groups is 1. The van der Waals surface area contributed by atoms with Crippen molar-refractivity contribution >= 4 is 17.4 Å². The molecular weight excluding hydrogens is 214 g/mol. The van der Waals surface area contributed by atoms with Crippen LogP contribution in [0.2, 0.25) is 0 Å². The van der Waals surface area contributed by atoms with Crippen LogP contribution in [0, 0.1) is 5.41 Å². The zero-order chi connectivity index (χ0) is 12.0. The first-order valence-corrected chi connectivity index (χ1v) is 6.12. The second-order valence-electron chi connectivity index (χ2n) is 5.55. The molecule has 1 amide bonds. The number of anilines is 2. The molecule has 0 bridgehead atoms. The van der Waals surface area contributed by atoms with Crippen molar-refractivity contribution in [1.29, 1.82) is 0 Å². The SMILES string of the molecule is CC1(C)CCCN2c3ncccc3NC(=O)C21. The lowest BCUT2D eigenvalue weighted by molar-refractivity contribution is -0.120. The fourth-order valence-corrected chi connectivity index (χ4v) is 3.04. The Hall–Kier alpha value is -1.58. The van der Waals surface area contributed by atoms with Gasteiger partial charge in [0, 0.05) is 12.7 Å². The topological polar surface area (TPSA) is 45.2 Å². The maximum absolute atomic E-state index is 12.2. The van der Waals surface area contributed by atoms with Crippen molar-refractivity contribution in [2.45, 2.75) is 32.7 Å². The fraction of sp³-hybridized carbons (Fsp3) is 0.538. The summed E-state index contributed by atoms with van der Waals surface area (Å²) >= 11 is 0. The van der Waals surface area contributed by atoms with Crippen LogP contribution in [-0.2, 0) is 4.79 Å². The van der Waals surface area contributed by atoms with Crippen molar-refractivity contribution in [3.8, 4) is 0 Å². The number of hydrogen-bond donors (Lipinski definition) is 1. The molecule has 1 aromatic rings. The molecule has 3 heterocycles. The van der Waals surface area contributed by atoms with E-state index in [4.69, 9.17) is 0 Å². The summed E-state index contributed by atoms with van der Waals surface area (Å²) in [6.45, 7) is 5.25. The number of aromatic nitrogens is 1. The molecule has 0 aliphatic carbocycles. The number of hydrogen-bond acceptors (Lipinski definition) is 3. The van der Waals surface area contributed by atoms with E-state index in [0.29, 0.717) is 0 Å². The third kappa shape index (κ3) is 1.51. The Morgan fingerprint density at radius 3 is 3.18 bits per heavy atom. The van der Waals surface area contributed by atoms with Gasteiger partial charge < -0.3 is 10.2 Å². The number of pyridine rings is 1. The lowest BCUT2D eigenvalue weighted by atomic mass is 9.75. The van der Waals surface area contributed by atoms with Crippen molar-refractivity contribution in [3.63, 3.8) is 0 Å². The molecule has 1 saturated heterocycles. The van der Waals surface area contributed by atoms with Gasteiger partial charge in [-0.05, 0) is 30.4 Å². The first-order chi connectivity index (χ1) is 8.09. The summed E-state index contributed by atoms with van der Waals surface area (Å²) in [5, 5.41) is 2.97. The van der Waals surface area contributed by atoms with E-state index in [0.717, 1.165) is 30.9 Å². The molecule has 1 atom stereocenters. The quantitative estimate of drug-likeness (QED) is 0.743. The molecule has 1 unspecified atom stereocenters. The van der Waals surface area contributed by atoms with E-state index in [9.17, 15) is 4.79 Å². The summed E-state index contributed by atoms with van der Waals surface area (Å²) in [7, 11) is 0. The smallest absolute Gasteiger partial charge is 0.247 e. The van der Waals surface area contributed by atoms with Crippen LogP contribution in [0.4, 0.5) is 11.5 Å². The predicted octanol–water partition coefficient (Wildman–Crippen LogP) is 2.03. The Kier molecular flexibility index (Phi) is 2.15. The molecule has 0 spiro atoms. The molecule has 0 saturated carbocycles. The minimum Gasteiger partial charge on any atom is -0.342 e. The maximum Gasteiger partial charge on any atom is 0.247 e. The van der Waals surface area contributed by atoms with Gasteiger partial charge in [-0.2, -0.15) is 0 Å². The Labute approximate surface area is 101 Å². The van der Waals surface area contributed by atoms with Crippen molar-refractivity contribution in [2.24, 2.45) is 5.41 Å². The molecule has 1 aromatic heterocycles. The first kappa shape index (κ1) is 10.6. The number of piperidine rings is 1. The second-order valence-corrected chi connectivity index (χ2v) is 5.55. The van der Waals surface area contributed by atoms with Gasteiger partial charge in [-0.3, -0.25) is 4.79 Å². The molecule has 2 aliphatic rings. The molecule has 17 heavy (non-hydrogen) atoms. The molecular formula is C13H17N3O. The van der Waals surface area contributed by atoms with Gasteiger partial charge >= 0.3 is 0 Å². The van der Waals surface area contributed by atoms with Gasteiger partial charge in [-0.1, -0.05) is 13.8 Å². The average molecular weight is 231 g/mol. The highest BCUT2D eigenvalue weighted by atomic mass is 16.2. The Bertz CT molecular complexity index is 469. The first-order valence-electron chi connectivity index (χ1n) is 6.12. The number of nitrogens with zero attached hydrogens (tertiary/aromatic N) is 2. The van der Waals surface area contributed by atoms with Crippen LogP contribution >= 0.6 is 0 Å². The van der Waals surface area contributed by atoms with Crippen molar-refractivity contribution in [2.75, 3.05) is 16.8 Å². The standard InChI is InChI=1S/C13H17N3O/c1-13(2)6-4-8-16-10(13)12(17)15-9-5-3-7-14-11(9)16/h3,5,7,10H,4,6,8H2,1-2H3,(H,15,17). The van der Waals surface area contributed by atoms with E-state index in [-0.39, 0.29) is 17.4 Å². The monoisotopic (exact) mass is 231 g/mol. The van der Waals surface area contributed by atoms with Crippen LogP contribution < -0.4 is 10.2 Å². The Morgan fingerprint density at radius 2 is 2.35 bits per heavy atom. The van der Waals surface area contributed by atoms with Crippen LogP contribution in [0.25, 0.3) is 0 Å². The number of amides is 1. The van der Waals surface area contributed by atoms with E-state index in [2.05, 4.69) is 29.0 Å². The van der Waals surface area contributed by atoms with Crippen LogP contribution in [0.1, 0.15) is 26.7 Å². The molecule has 4 heteroatoms. The number of nitrogens with one attached hydrogen (secondary N) is 1. The molecule has 1 N–H and O–H groups in total. The highest BCUT2D eigenvalue weighted by Gasteiger charge is 2.45. The van der Waals surface area contributed by atoms with Gasteiger partial charge in [0.1, 0.15) is 6.04 Å². The normalized spacial score (nSPS) is 25.9. The number of fused-ring (bicyclic) bond motifs is 3. The van der Waals surface area contributed by atoms with Gasteiger partial charge in [0.25, 0.3) is 0 Å². The number of rotatable bonds is 0. The maximum atomic E-state index is 12.2. The highest BCUT2D eigenvalue weighted by Crippen LogP contribution is 2.42. The molecule has 0 radical (unpaired) electrons. The lowest BCUT2D eigenvalue weighted by Crippen LogP contribution is -2.58. The Balaban J connectivity index is 2.09. The van der Waals surface area contributed by atoms with Crippen molar-refractivity contribution < 1.29 is 4.79 Å². The molecule has 4 nitrogen and oxygen atoms in total. The van der Waals surface area contributed by atoms with E-state index < -0.39 is 0 Å². The number of carbonyl (C=O) groups excluding carboxylic acids is 1. The fourth-order valence-electron chi connectivity index (χ4n) is 3.04. The second kappa shape index (κ2) is 3.45.